The lowest BCUT2D eigenvalue weighted by Gasteiger charge is -2.15. The zero-order valence-corrected chi connectivity index (χ0v) is 14.6. The number of carboxylic acid groups (broad SMARTS) is 1. The van der Waals surface area contributed by atoms with E-state index < -0.39 is 17.9 Å². The molecule has 0 aliphatic rings. The van der Waals surface area contributed by atoms with Gasteiger partial charge in [-0.15, -0.1) is 0 Å². The van der Waals surface area contributed by atoms with E-state index in [0.717, 1.165) is 14.5 Å². The Hall–Kier alpha value is -1.66. The van der Waals surface area contributed by atoms with E-state index >= 15 is 0 Å². The van der Waals surface area contributed by atoms with Crippen LogP contribution in [0.1, 0.15) is 15.9 Å². The Balaban J connectivity index is 2.10. The van der Waals surface area contributed by atoms with Crippen molar-refractivity contribution >= 4 is 43.7 Å². The molecule has 0 aromatic heterocycles. The number of carboxylic acids is 1. The SMILES string of the molecule is O=C(N[C@@H](Cc1ccc(Br)cc1)C(=O)O)c1cccc(Br)c1. The number of halogens is 2. The van der Waals surface area contributed by atoms with Crippen LogP contribution >= 0.6 is 31.9 Å². The minimum atomic E-state index is -1.06. The summed E-state index contributed by atoms with van der Waals surface area (Å²) in [6.45, 7) is 0. The van der Waals surface area contributed by atoms with Crippen molar-refractivity contribution in [2.45, 2.75) is 12.5 Å². The van der Waals surface area contributed by atoms with Crippen LogP contribution in [-0.4, -0.2) is 23.0 Å². The third-order valence-electron chi connectivity index (χ3n) is 3.04. The molecule has 1 atom stereocenters. The Bertz CT molecular complexity index is 686. The maximum atomic E-state index is 12.2. The molecule has 0 saturated heterocycles. The highest BCUT2D eigenvalue weighted by Crippen LogP contribution is 2.14. The van der Waals surface area contributed by atoms with Crippen molar-refractivity contribution in [3.8, 4) is 0 Å². The fourth-order valence-corrected chi connectivity index (χ4v) is 2.59. The minimum absolute atomic E-state index is 0.225. The van der Waals surface area contributed by atoms with Crippen LogP contribution in [0, 0.1) is 0 Å². The van der Waals surface area contributed by atoms with E-state index in [2.05, 4.69) is 37.2 Å². The van der Waals surface area contributed by atoms with Gasteiger partial charge in [0.1, 0.15) is 6.04 Å². The summed E-state index contributed by atoms with van der Waals surface area (Å²) in [6.07, 6.45) is 0.225. The Morgan fingerprint density at radius 2 is 1.73 bits per heavy atom. The third-order valence-corrected chi connectivity index (χ3v) is 4.07. The van der Waals surface area contributed by atoms with Gasteiger partial charge in [-0.05, 0) is 35.9 Å². The van der Waals surface area contributed by atoms with Gasteiger partial charge in [0.05, 0.1) is 0 Å². The lowest BCUT2D eigenvalue weighted by Crippen LogP contribution is -2.42. The van der Waals surface area contributed by atoms with E-state index in [4.69, 9.17) is 0 Å². The smallest absolute Gasteiger partial charge is 0.326 e. The van der Waals surface area contributed by atoms with Crippen molar-refractivity contribution in [3.05, 3.63) is 68.6 Å². The molecule has 1 amide bonds. The van der Waals surface area contributed by atoms with E-state index in [0.29, 0.717) is 5.56 Å². The molecule has 0 aliphatic heterocycles. The molecule has 2 aromatic rings. The van der Waals surface area contributed by atoms with Gasteiger partial charge in [-0.25, -0.2) is 4.79 Å². The molecule has 0 aliphatic carbocycles. The fraction of sp³-hybridized carbons (Fsp3) is 0.125. The lowest BCUT2D eigenvalue weighted by molar-refractivity contribution is -0.139. The first kappa shape index (κ1) is 16.7. The highest BCUT2D eigenvalue weighted by atomic mass is 79.9. The second kappa shape index (κ2) is 7.56. The largest absolute Gasteiger partial charge is 0.480 e. The first-order valence-corrected chi connectivity index (χ1v) is 8.08. The standard InChI is InChI=1S/C16H13Br2NO3/c17-12-6-4-10(5-7-12)8-14(16(21)22)19-15(20)11-2-1-3-13(18)9-11/h1-7,9,14H,8H2,(H,19,20)(H,21,22)/t14-/m0/s1. The maximum Gasteiger partial charge on any atom is 0.326 e. The van der Waals surface area contributed by atoms with Gasteiger partial charge >= 0.3 is 5.97 Å². The second-order valence-corrected chi connectivity index (χ2v) is 6.54. The zero-order chi connectivity index (χ0) is 16.1. The average Bonchev–Trinajstić information content (AvgIpc) is 2.48. The topological polar surface area (TPSA) is 66.4 Å². The molecule has 0 saturated carbocycles. The predicted molar refractivity (Wildman–Crippen MR) is 90.9 cm³/mol. The number of carbonyl (C=O) groups is 2. The number of amides is 1. The number of rotatable bonds is 5. The summed E-state index contributed by atoms with van der Waals surface area (Å²) in [4.78, 5) is 23.5. The van der Waals surface area contributed by atoms with Crippen molar-refractivity contribution < 1.29 is 14.7 Å². The summed E-state index contributed by atoms with van der Waals surface area (Å²) in [5.74, 6) is -1.47. The first-order chi connectivity index (χ1) is 10.5. The molecule has 2 N–H and O–H groups in total. The predicted octanol–water partition coefficient (Wildman–Crippen LogP) is 3.64. The van der Waals surface area contributed by atoms with Gasteiger partial charge in [0, 0.05) is 20.9 Å². The van der Waals surface area contributed by atoms with Gasteiger partial charge < -0.3 is 10.4 Å². The molecule has 2 aromatic carbocycles. The van der Waals surface area contributed by atoms with Gasteiger partial charge in [-0.3, -0.25) is 4.79 Å². The van der Waals surface area contributed by atoms with E-state index in [9.17, 15) is 14.7 Å². The molecule has 0 radical (unpaired) electrons. The molecule has 0 bridgehead atoms. The van der Waals surface area contributed by atoms with Gasteiger partial charge in [0.2, 0.25) is 0 Å². The van der Waals surface area contributed by atoms with Crippen molar-refractivity contribution in [3.63, 3.8) is 0 Å². The molecule has 22 heavy (non-hydrogen) atoms. The molecule has 4 nitrogen and oxygen atoms in total. The molecule has 0 fully saturated rings. The highest BCUT2D eigenvalue weighted by molar-refractivity contribution is 9.10. The van der Waals surface area contributed by atoms with Gasteiger partial charge in [-0.1, -0.05) is 50.1 Å². The Morgan fingerprint density at radius 3 is 2.32 bits per heavy atom. The van der Waals surface area contributed by atoms with Crippen LogP contribution in [0.15, 0.2) is 57.5 Å². The molecule has 0 unspecified atom stereocenters. The Labute approximate surface area is 144 Å². The van der Waals surface area contributed by atoms with Crippen molar-refractivity contribution in [2.75, 3.05) is 0 Å². The zero-order valence-electron chi connectivity index (χ0n) is 11.4. The minimum Gasteiger partial charge on any atom is -0.480 e. The quantitative estimate of drug-likeness (QED) is 0.766. The summed E-state index contributed by atoms with van der Waals surface area (Å²) in [6, 6.07) is 13.2. The second-order valence-electron chi connectivity index (χ2n) is 4.71. The third kappa shape index (κ3) is 4.68. The molecule has 2 rings (SSSR count). The fourth-order valence-electron chi connectivity index (χ4n) is 1.93. The van der Waals surface area contributed by atoms with Gasteiger partial charge in [0.25, 0.3) is 5.91 Å². The van der Waals surface area contributed by atoms with E-state index in [1.807, 2.05) is 24.3 Å². The number of hydrogen-bond donors (Lipinski definition) is 2. The van der Waals surface area contributed by atoms with Crippen LogP contribution < -0.4 is 5.32 Å². The lowest BCUT2D eigenvalue weighted by atomic mass is 10.1. The number of carbonyl (C=O) groups excluding carboxylic acids is 1. The van der Waals surface area contributed by atoms with Crippen LogP contribution in [0.3, 0.4) is 0 Å². The number of benzene rings is 2. The summed E-state index contributed by atoms with van der Waals surface area (Å²) in [7, 11) is 0. The molecular weight excluding hydrogens is 414 g/mol. The van der Waals surface area contributed by atoms with Crippen LogP contribution in [0.4, 0.5) is 0 Å². The van der Waals surface area contributed by atoms with Crippen LogP contribution in [0.2, 0.25) is 0 Å². The van der Waals surface area contributed by atoms with E-state index in [1.165, 1.54) is 0 Å². The summed E-state index contributed by atoms with van der Waals surface area (Å²) in [5, 5.41) is 11.9. The molecule has 114 valence electrons. The maximum absolute atomic E-state index is 12.2. The highest BCUT2D eigenvalue weighted by Gasteiger charge is 2.21. The van der Waals surface area contributed by atoms with Crippen molar-refractivity contribution in [1.29, 1.82) is 0 Å². The molecular formula is C16H13Br2NO3. The van der Waals surface area contributed by atoms with Crippen molar-refractivity contribution in [2.24, 2.45) is 0 Å². The van der Waals surface area contributed by atoms with E-state index in [1.54, 1.807) is 24.3 Å². The normalized spacial score (nSPS) is 11.7. The van der Waals surface area contributed by atoms with Crippen molar-refractivity contribution in [1.82, 2.24) is 5.32 Å². The van der Waals surface area contributed by atoms with E-state index in [-0.39, 0.29) is 6.42 Å². The summed E-state index contributed by atoms with van der Waals surface area (Å²) in [5.41, 5.74) is 1.25. The summed E-state index contributed by atoms with van der Waals surface area (Å²) >= 11 is 6.61. The van der Waals surface area contributed by atoms with Gasteiger partial charge in [-0.2, -0.15) is 0 Å². The van der Waals surface area contributed by atoms with Crippen LogP contribution in [0.25, 0.3) is 0 Å². The molecule has 6 heteroatoms. The molecule has 0 heterocycles. The average molecular weight is 427 g/mol. The first-order valence-electron chi connectivity index (χ1n) is 6.49. The van der Waals surface area contributed by atoms with Gasteiger partial charge in [0.15, 0.2) is 0 Å². The Kier molecular flexibility index (Phi) is 5.74. The Morgan fingerprint density at radius 1 is 1.05 bits per heavy atom. The number of nitrogens with one attached hydrogen (secondary N) is 1. The summed E-state index contributed by atoms with van der Waals surface area (Å²) < 4.78 is 1.68. The number of aliphatic carboxylic acids is 1. The van der Waals surface area contributed by atoms with Crippen LogP contribution in [-0.2, 0) is 11.2 Å². The number of hydrogen-bond acceptors (Lipinski definition) is 2. The molecule has 0 spiro atoms. The van der Waals surface area contributed by atoms with Crippen LogP contribution in [0.5, 0.6) is 0 Å². The monoisotopic (exact) mass is 425 g/mol.